The van der Waals surface area contributed by atoms with Crippen molar-refractivity contribution < 1.29 is 33.4 Å². The highest BCUT2D eigenvalue weighted by Crippen LogP contribution is 2.32. The fourth-order valence-electron chi connectivity index (χ4n) is 8.90. The molecule has 4 amide bonds. The number of likely N-dealkylation sites (tertiary alicyclic amines) is 4. The molecular weight excluding hydrogens is 700 g/mol. The van der Waals surface area contributed by atoms with E-state index in [-0.39, 0.29) is 54.3 Å². The maximum Gasteiger partial charge on any atom is 0.329 e. The number of nitrogens with one attached hydrogen (secondary N) is 1. The molecule has 4 aliphatic rings. The topological polar surface area (TPSA) is 132 Å². The molecule has 0 saturated carbocycles. The quantitative estimate of drug-likeness (QED) is 0.309. The van der Waals surface area contributed by atoms with E-state index < -0.39 is 46.8 Å². The van der Waals surface area contributed by atoms with Gasteiger partial charge in [-0.15, -0.1) is 0 Å². The maximum atomic E-state index is 14.5. The van der Waals surface area contributed by atoms with Gasteiger partial charge < -0.3 is 29.5 Å². The zero-order valence-electron chi connectivity index (χ0n) is 36.4. The van der Waals surface area contributed by atoms with Gasteiger partial charge in [-0.05, 0) is 112 Å². The highest BCUT2D eigenvalue weighted by Gasteiger charge is 2.49. The summed E-state index contributed by atoms with van der Waals surface area (Å²) in [5, 5.41) is 3.14. The number of carbonyl (C=O) groups is 5. The number of hydrogen-bond donors (Lipinski definition) is 1. The number of hydrogen-bond acceptors (Lipinski definition) is 9. The van der Waals surface area contributed by atoms with Gasteiger partial charge in [-0.25, -0.2) is 4.79 Å². The van der Waals surface area contributed by atoms with Gasteiger partial charge in [-0.1, -0.05) is 41.0 Å². The Labute approximate surface area is 331 Å². The van der Waals surface area contributed by atoms with E-state index >= 15 is 0 Å². The van der Waals surface area contributed by atoms with Crippen molar-refractivity contribution in [1.29, 1.82) is 0 Å². The molecule has 0 spiro atoms. The van der Waals surface area contributed by atoms with Crippen LogP contribution in [0.25, 0.3) is 0 Å². The molecule has 0 bridgehead atoms. The lowest BCUT2D eigenvalue weighted by molar-refractivity contribution is -0.164. The number of esters is 1. The lowest BCUT2D eigenvalue weighted by Gasteiger charge is -2.41. The molecule has 4 rings (SSSR count). The van der Waals surface area contributed by atoms with E-state index in [0.29, 0.717) is 45.3 Å². The Kier molecular flexibility index (Phi) is 14.5. The zero-order valence-corrected chi connectivity index (χ0v) is 36.4. The third-order valence-corrected chi connectivity index (χ3v) is 11.7. The highest BCUT2D eigenvalue weighted by molar-refractivity contribution is 5.93. The van der Waals surface area contributed by atoms with Gasteiger partial charge >= 0.3 is 5.97 Å². The second kappa shape index (κ2) is 17.8. The van der Waals surface area contributed by atoms with Crippen LogP contribution >= 0.6 is 0 Å². The smallest absolute Gasteiger partial charge is 0.329 e. The Bertz CT molecular complexity index is 1380. The third-order valence-electron chi connectivity index (χ3n) is 11.7. The van der Waals surface area contributed by atoms with Crippen LogP contribution in [0.5, 0.6) is 0 Å². The van der Waals surface area contributed by atoms with Crippen molar-refractivity contribution >= 4 is 29.6 Å². The summed E-state index contributed by atoms with van der Waals surface area (Å²) >= 11 is 0. The van der Waals surface area contributed by atoms with E-state index in [2.05, 4.69) is 29.0 Å². The summed E-state index contributed by atoms with van der Waals surface area (Å²) in [6.07, 6.45) is 5.58. The lowest BCUT2D eigenvalue weighted by atomic mass is 9.84. The number of rotatable bonds is 11. The minimum atomic E-state index is -0.787. The van der Waals surface area contributed by atoms with Crippen molar-refractivity contribution in [3.05, 3.63) is 0 Å². The fraction of sp³-hybridized carbons (Fsp3) is 0.881. The van der Waals surface area contributed by atoms with Crippen LogP contribution in [-0.2, 0) is 33.4 Å². The van der Waals surface area contributed by atoms with Crippen LogP contribution in [-0.4, -0.2) is 154 Å². The van der Waals surface area contributed by atoms with Crippen LogP contribution in [0.15, 0.2) is 0 Å². The Morgan fingerprint density at radius 1 is 0.745 bits per heavy atom. The first-order chi connectivity index (χ1) is 25.4. The second-order valence-corrected chi connectivity index (χ2v) is 20.0. The Hall–Kier alpha value is -2.77. The van der Waals surface area contributed by atoms with E-state index in [1.807, 2.05) is 76.4 Å². The molecule has 0 aromatic heterocycles. The van der Waals surface area contributed by atoms with Gasteiger partial charge in [0.25, 0.3) is 0 Å². The Morgan fingerprint density at radius 3 is 1.93 bits per heavy atom. The van der Waals surface area contributed by atoms with Gasteiger partial charge in [-0.2, -0.15) is 0 Å². The molecule has 0 unspecified atom stereocenters. The monoisotopic (exact) mass is 775 g/mol. The molecule has 1 N–H and O–H groups in total. The standard InChI is InChI=1S/C42H74N6O7/c1-27(2)33(45(13)38(52)34(40(3,4)5)43-35(49)29-18-14-15-21-44(29)12)26-46-22-16-19-30(46)36(50)47-23-17-20-31(47)37(51)48-25-28(54-41(6,7)8)24-32(48)39(53)55-42(9,10)11/h27-34H,14-26H2,1-13H3,(H,43,49)/t28-,29+,30-,31-,32-,33+,34+/m0/s1. The third kappa shape index (κ3) is 11.4. The summed E-state index contributed by atoms with van der Waals surface area (Å²) in [5.41, 5.74) is -1.68. The summed E-state index contributed by atoms with van der Waals surface area (Å²) in [6.45, 7) is 24.3. The molecular formula is C42H74N6O7. The average molecular weight is 775 g/mol. The van der Waals surface area contributed by atoms with Gasteiger partial charge in [0.05, 0.1) is 23.8 Å². The molecule has 4 saturated heterocycles. The first-order valence-electron chi connectivity index (χ1n) is 20.9. The van der Waals surface area contributed by atoms with Gasteiger partial charge in [0.1, 0.15) is 23.7 Å². The predicted molar refractivity (Wildman–Crippen MR) is 213 cm³/mol. The van der Waals surface area contributed by atoms with Crippen molar-refractivity contribution in [3.63, 3.8) is 0 Å². The molecule has 13 heteroatoms. The molecule has 0 aromatic carbocycles. The number of nitrogens with zero attached hydrogens (tertiary/aromatic N) is 5. The highest BCUT2D eigenvalue weighted by atomic mass is 16.6. The zero-order chi connectivity index (χ0) is 41.2. The summed E-state index contributed by atoms with van der Waals surface area (Å²) in [5.74, 6) is -0.914. The molecule has 0 aliphatic carbocycles. The minimum Gasteiger partial charge on any atom is -0.458 e. The SMILES string of the molecule is CC(C)[C@@H](CN1CCC[C@H]1C(=O)N1CCC[C@H]1C(=O)N1C[C@@H](OC(C)(C)C)C[C@H]1C(=O)OC(C)(C)C)N(C)C(=O)[C@@H](NC(=O)[C@H]1CCCCN1C)C(C)(C)C. The first-order valence-corrected chi connectivity index (χ1v) is 20.9. The summed E-state index contributed by atoms with van der Waals surface area (Å²) in [4.78, 5) is 79.6. The predicted octanol–water partition coefficient (Wildman–Crippen LogP) is 4.07. The molecule has 314 valence electrons. The van der Waals surface area contributed by atoms with Gasteiger partial charge in [0.15, 0.2) is 0 Å². The number of likely N-dealkylation sites (N-methyl/N-ethyl adjacent to an activating group) is 2. The van der Waals surface area contributed by atoms with Crippen molar-refractivity contribution in [3.8, 4) is 0 Å². The van der Waals surface area contributed by atoms with Crippen molar-refractivity contribution in [1.82, 2.24) is 29.8 Å². The average Bonchev–Trinajstić information content (AvgIpc) is 3.83. The van der Waals surface area contributed by atoms with E-state index in [1.54, 1.807) is 14.7 Å². The molecule has 7 atom stereocenters. The van der Waals surface area contributed by atoms with Crippen molar-refractivity contribution in [2.45, 2.75) is 181 Å². The summed E-state index contributed by atoms with van der Waals surface area (Å²) in [7, 11) is 3.79. The molecule has 55 heavy (non-hydrogen) atoms. The van der Waals surface area contributed by atoms with Crippen LogP contribution in [0.2, 0.25) is 0 Å². The fourth-order valence-corrected chi connectivity index (χ4v) is 8.90. The number of amides is 4. The Balaban J connectivity index is 1.49. The number of piperidine rings is 1. The van der Waals surface area contributed by atoms with Gasteiger partial charge in [0.2, 0.25) is 23.6 Å². The first kappa shape index (κ1) is 44.9. The van der Waals surface area contributed by atoms with E-state index in [9.17, 15) is 24.0 Å². The van der Waals surface area contributed by atoms with E-state index in [0.717, 1.165) is 32.2 Å². The van der Waals surface area contributed by atoms with Crippen LogP contribution in [0.3, 0.4) is 0 Å². The van der Waals surface area contributed by atoms with E-state index in [1.165, 1.54) is 0 Å². The normalized spacial score (nSPS) is 27.0. The Morgan fingerprint density at radius 2 is 1.35 bits per heavy atom. The minimum absolute atomic E-state index is 0.0724. The largest absolute Gasteiger partial charge is 0.458 e. The summed E-state index contributed by atoms with van der Waals surface area (Å²) < 4.78 is 12.0. The second-order valence-electron chi connectivity index (χ2n) is 20.0. The van der Waals surface area contributed by atoms with Crippen molar-refractivity contribution in [2.75, 3.05) is 46.8 Å². The van der Waals surface area contributed by atoms with Gasteiger partial charge in [0, 0.05) is 39.1 Å². The molecule has 4 fully saturated rings. The molecule has 0 radical (unpaired) electrons. The molecule has 13 nitrogen and oxygen atoms in total. The lowest BCUT2D eigenvalue weighted by Crippen LogP contribution is -2.61. The van der Waals surface area contributed by atoms with E-state index in [4.69, 9.17) is 9.47 Å². The number of carbonyl (C=O) groups excluding carboxylic acids is 5. The van der Waals surface area contributed by atoms with Crippen molar-refractivity contribution in [2.24, 2.45) is 11.3 Å². The van der Waals surface area contributed by atoms with Crippen LogP contribution in [0.4, 0.5) is 0 Å². The number of ether oxygens (including phenoxy) is 2. The molecule has 0 aromatic rings. The summed E-state index contributed by atoms with van der Waals surface area (Å²) in [6, 6.07) is -3.05. The van der Waals surface area contributed by atoms with Gasteiger partial charge in [-0.3, -0.25) is 29.0 Å². The van der Waals surface area contributed by atoms with Crippen LogP contribution < -0.4 is 5.32 Å². The molecule has 4 aliphatic heterocycles. The maximum absolute atomic E-state index is 14.5. The van der Waals surface area contributed by atoms with Crippen LogP contribution in [0, 0.1) is 11.3 Å². The van der Waals surface area contributed by atoms with Crippen LogP contribution in [0.1, 0.15) is 128 Å². The molecule has 4 heterocycles.